The molecule has 2 aromatic carbocycles. The first-order valence-electron chi connectivity index (χ1n) is 7.25. The lowest BCUT2D eigenvalue weighted by molar-refractivity contribution is -0.131. The van der Waals surface area contributed by atoms with E-state index in [0.717, 1.165) is 0 Å². The molecular weight excluding hydrogens is 371 g/mol. The molecule has 3 rings (SSSR count). The quantitative estimate of drug-likeness (QED) is 0.730. The Kier molecular flexibility index (Phi) is 4.72. The molecule has 1 fully saturated rings. The van der Waals surface area contributed by atoms with Crippen molar-refractivity contribution in [3.8, 4) is 0 Å². The fraction of sp³-hybridized carbons (Fsp3) is 0.176. The van der Waals surface area contributed by atoms with E-state index in [1.165, 1.54) is 0 Å². The van der Waals surface area contributed by atoms with E-state index >= 15 is 0 Å². The van der Waals surface area contributed by atoms with Gasteiger partial charge in [-0.25, -0.2) is 0 Å². The van der Waals surface area contributed by atoms with Gasteiger partial charge in [-0.15, -0.1) is 0 Å². The molecule has 2 N–H and O–H groups in total. The first-order chi connectivity index (χ1) is 11.4. The van der Waals surface area contributed by atoms with Crippen LogP contribution in [0.25, 0.3) is 0 Å². The first kappa shape index (κ1) is 17.1. The number of hydrogen-bond acceptors (Lipinski definition) is 2. The Hall–Kier alpha value is -1.75. The number of halogens is 3. The highest BCUT2D eigenvalue weighted by atomic mass is 35.5. The molecule has 1 saturated carbocycles. The minimum Gasteiger partial charge on any atom is -0.325 e. The molecule has 24 heavy (non-hydrogen) atoms. The summed E-state index contributed by atoms with van der Waals surface area (Å²) in [4.78, 5) is 25.1. The molecule has 0 unspecified atom stereocenters. The molecule has 0 aromatic heterocycles. The minimum atomic E-state index is -1.08. The Morgan fingerprint density at radius 1 is 0.875 bits per heavy atom. The average molecular weight is 384 g/mol. The number of hydrogen-bond donors (Lipinski definition) is 2. The fourth-order valence-corrected chi connectivity index (χ4v) is 2.78. The summed E-state index contributed by atoms with van der Waals surface area (Å²) in [6, 6.07) is 11.6. The topological polar surface area (TPSA) is 58.2 Å². The smallest absolute Gasteiger partial charge is 0.240 e. The predicted molar refractivity (Wildman–Crippen MR) is 96.8 cm³/mol. The molecule has 0 bridgehead atoms. The number of benzene rings is 2. The summed E-state index contributed by atoms with van der Waals surface area (Å²) in [5.74, 6) is -0.737. The molecule has 0 aliphatic heterocycles. The molecule has 0 spiro atoms. The molecular formula is C17H13Cl3N2O2. The first-order valence-corrected chi connectivity index (χ1v) is 8.38. The van der Waals surface area contributed by atoms with E-state index in [-0.39, 0.29) is 10.9 Å². The molecule has 0 saturated heterocycles. The van der Waals surface area contributed by atoms with Gasteiger partial charge in [-0.3, -0.25) is 9.59 Å². The van der Waals surface area contributed by atoms with Gasteiger partial charge >= 0.3 is 0 Å². The monoisotopic (exact) mass is 382 g/mol. The number of anilines is 2. The van der Waals surface area contributed by atoms with Crippen molar-refractivity contribution in [3.05, 3.63) is 57.5 Å². The van der Waals surface area contributed by atoms with Crippen LogP contribution in [0.2, 0.25) is 15.1 Å². The highest BCUT2D eigenvalue weighted by Crippen LogP contribution is 2.48. The molecule has 7 heteroatoms. The molecule has 1 aliphatic carbocycles. The van der Waals surface area contributed by atoms with Crippen LogP contribution in [0, 0.1) is 5.41 Å². The van der Waals surface area contributed by atoms with Crippen LogP contribution in [0.5, 0.6) is 0 Å². The molecule has 1 aliphatic rings. The third-order valence-electron chi connectivity index (χ3n) is 3.92. The van der Waals surface area contributed by atoms with Gasteiger partial charge in [0.1, 0.15) is 5.41 Å². The van der Waals surface area contributed by atoms with Gasteiger partial charge in [0.25, 0.3) is 0 Å². The summed E-state index contributed by atoms with van der Waals surface area (Å²) in [6.45, 7) is 0. The van der Waals surface area contributed by atoms with Crippen molar-refractivity contribution in [2.24, 2.45) is 5.41 Å². The van der Waals surface area contributed by atoms with E-state index in [1.54, 1.807) is 42.5 Å². The van der Waals surface area contributed by atoms with Crippen LogP contribution in [0.1, 0.15) is 12.8 Å². The van der Waals surface area contributed by atoms with Crippen molar-refractivity contribution in [2.75, 3.05) is 10.6 Å². The zero-order valence-electron chi connectivity index (χ0n) is 12.4. The van der Waals surface area contributed by atoms with E-state index in [4.69, 9.17) is 34.8 Å². The summed E-state index contributed by atoms with van der Waals surface area (Å²) in [6.07, 6.45) is 0.965. The summed E-state index contributed by atoms with van der Waals surface area (Å²) in [5.41, 5.74) is -0.102. The van der Waals surface area contributed by atoms with E-state index in [1.807, 2.05) is 0 Å². The second-order valence-corrected chi connectivity index (χ2v) is 6.82. The van der Waals surface area contributed by atoms with Crippen molar-refractivity contribution in [1.29, 1.82) is 0 Å². The number of nitrogens with one attached hydrogen (secondary N) is 2. The van der Waals surface area contributed by atoms with E-state index in [9.17, 15) is 9.59 Å². The van der Waals surface area contributed by atoms with Gasteiger partial charge in [0, 0.05) is 10.7 Å². The summed E-state index contributed by atoms with van der Waals surface area (Å²) in [5, 5.41) is 6.60. The van der Waals surface area contributed by atoms with Crippen LogP contribution in [-0.2, 0) is 9.59 Å². The van der Waals surface area contributed by atoms with Crippen LogP contribution in [-0.4, -0.2) is 11.8 Å². The summed E-state index contributed by atoms with van der Waals surface area (Å²) >= 11 is 17.8. The van der Waals surface area contributed by atoms with Gasteiger partial charge in [0.15, 0.2) is 0 Å². The Morgan fingerprint density at radius 3 is 2.12 bits per heavy atom. The number of amides is 2. The number of carbonyl (C=O) groups is 2. The lowest BCUT2D eigenvalue weighted by Gasteiger charge is -2.16. The van der Waals surface area contributed by atoms with Crippen LogP contribution in [0.15, 0.2) is 42.5 Å². The van der Waals surface area contributed by atoms with Crippen molar-refractivity contribution in [1.82, 2.24) is 0 Å². The van der Waals surface area contributed by atoms with Gasteiger partial charge in [0.05, 0.1) is 15.7 Å². The normalized spacial score (nSPS) is 14.8. The van der Waals surface area contributed by atoms with Crippen LogP contribution < -0.4 is 10.6 Å². The maximum Gasteiger partial charge on any atom is 0.240 e. The Bertz CT molecular complexity index is 802. The standard InChI is InChI=1S/C17H13Cl3N2O2/c18-10-4-6-11(7-5-10)21-15(23)17(8-9-17)16(24)22-13-3-1-2-12(19)14(13)20/h1-7H,8-9H2,(H,21,23)(H,22,24). The second-order valence-electron chi connectivity index (χ2n) is 5.60. The van der Waals surface area contributed by atoms with Gasteiger partial charge in [-0.05, 0) is 49.2 Å². The maximum absolute atomic E-state index is 12.6. The number of carbonyl (C=O) groups excluding carboxylic acids is 2. The van der Waals surface area contributed by atoms with Crippen molar-refractivity contribution >= 4 is 58.0 Å². The Balaban J connectivity index is 1.73. The van der Waals surface area contributed by atoms with Crippen LogP contribution in [0.3, 0.4) is 0 Å². The van der Waals surface area contributed by atoms with Crippen LogP contribution >= 0.6 is 34.8 Å². The molecule has 0 heterocycles. The molecule has 2 aromatic rings. The van der Waals surface area contributed by atoms with Gasteiger partial charge < -0.3 is 10.6 Å². The third kappa shape index (κ3) is 3.36. The fourth-order valence-electron chi connectivity index (χ4n) is 2.31. The zero-order valence-corrected chi connectivity index (χ0v) is 14.7. The average Bonchev–Trinajstić information content (AvgIpc) is 3.36. The Labute approximate surface area is 154 Å². The lowest BCUT2D eigenvalue weighted by atomic mass is 10.0. The SMILES string of the molecule is O=C(Nc1ccc(Cl)cc1)C1(C(=O)Nc2cccc(Cl)c2Cl)CC1. The largest absolute Gasteiger partial charge is 0.325 e. The van der Waals surface area contributed by atoms with E-state index < -0.39 is 11.3 Å². The van der Waals surface area contributed by atoms with Gasteiger partial charge in [0.2, 0.25) is 11.8 Å². The molecule has 0 radical (unpaired) electrons. The second kappa shape index (κ2) is 6.63. The lowest BCUT2D eigenvalue weighted by Crippen LogP contribution is -2.35. The molecule has 0 atom stereocenters. The van der Waals surface area contributed by atoms with E-state index in [2.05, 4.69) is 10.6 Å². The third-order valence-corrected chi connectivity index (χ3v) is 4.99. The highest BCUT2D eigenvalue weighted by molar-refractivity contribution is 6.44. The molecule has 2 amide bonds. The minimum absolute atomic E-state index is 0.251. The van der Waals surface area contributed by atoms with Crippen molar-refractivity contribution in [3.63, 3.8) is 0 Å². The van der Waals surface area contributed by atoms with E-state index in [0.29, 0.717) is 34.3 Å². The maximum atomic E-state index is 12.6. The zero-order chi connectivity index (χ0) is 17.3. The molecule has 124 valence electrons. The Morgan fingerprint density at radius 2 is 1.50 bits per heavy atom. The number of rotatable bonds is 4. The molecule has 4 nitrogen and oxygen atoms in total. The van der Waals surface area contributed by atoms with Crippen molar-refractivity contribution in [2.45, 2.75) is 12.8 Å². The highest BCUT2D eigenvalue weighted by Gasteiger charge is 2.56. The summed E-state index contributed by atoms with van der Waals surface area (Å²) < 4.78 is 0. The van der Waals surface area contributed by atoms with Crippen molar-refractivity contribution < 1.29 is 9.59 Å². The van der Waals surface area contributed by atoms with Gasteiger partial charge in [-0.2, -0.15) is 0 Å². The van der Waals surface area contributed by atoms with Gasteiger partial charge in [-0.1, -0.05) is 40.9 Å². The predicted octanol–water partition coefficient (Wildman–Crippen LogP) is 5.00. The van der Waals surface area contributed by atoms with Crippen LogP contribution in [0.4, 0.5) is 11.4 Å². The summed E-state index contributed by atoms with van der Waals surface area (Å²) in [7, 11) is 0.